The Morgan fingerprint density at radius 3 is 2.67 bits per heavy atom. The van der Waals surface area contributed by atoms with Crippen molar-refractivity contribution in [3.63, 3.8) is 0 Å². The molecule has 1 aromatic rings. The summed E-state index contributed by atoms with van der Waals surface area (Å²) in [6, 6.07) is 5.72. The SMILES string of the molecule is CCN(c1ccc(C(N)=O)cc1Cl)C1CCCCC1CN. The van der Waals surface area contributed by atoms with Gasteiger partial charge in [0.05, 0.1) is 10.7 Å². The Morgan fingerprint density at radius 2 is 2.10 bits per heavy atom. The molecule has 1 saturated carbocycles. The van der Waals surface area contributed by atoms with Crippen LogP contribution in [0.1, 0.15) is 43.0 Å². The average molecular weight is 310 g/mol. The lowest BCUT2D eigenvalue weighted by molar-refractivity contribution is 0.100. The van der Waals surface area contributed by atoms with Gasteiger partial charge in [-0.2, -0.15) is 0 Å². The largest absolute Gasteiger partial charge is 0.367 e. The molecule has 1 aliphatic carbocycles. The predicted molar refractivity (Wildman–Crippen MR) is 87.8 cm³/mol. The highest BCUT2D eigenvalue weighted by molar-refractivity contribution is 6.33. The van der Waals surface area contributed by atoms with E-state index in [1.54, 1.807) is 12.1 Å². The third-order valence-corrected chi connectivity index (χ3v) is 4.76. The van der Waals surface area contributed by atoms with Crippen molar-refractivity contribution in [2.75, 3.05) is 18.0 Å². The second-order valence-corrected chi connectivity index (χ2v) is 6.07. The Bertz CT molecular complexity index is 506. The summed E-state index contributed by atoms with van der Waals surface area (Å²) in [5.74, 6) is 0.0505. The van der Waals surface area contributed by atoms with Gasteiger partial charge in [-0.3, -0.25) is 4.79 Å². The van der Waals surface area contributed by atoms with E-state index in [1.807, 2.05) is 6.07 Å². The van der Waals surface area contributed by atoms with Crippen molar-refractivity contribution in [1.82, 2.24) is 0 Å². The van der Waals surface area contributed by atoms with Gasteiger partial charge < -0.3 is 16.4 Å². The molecule has 2 rings (SSSR count). The summed E-state index contributed by atoms with van der Waals surface area (Å²) in [6.45, 7) is 3.70. The summed E-state index contributed by atoms with van der Waals surface area (Å²) >= 11 is 6.38. The molecule has 0 saturated heterocycles. The topological polar surface area (TPSA) is 72.3 Å². The summed E-state index contributed by atoms with van der Waals surface area (Å²) in [5, 5.41) is 0.578. The molecule has 0 heterocycles. The molecule has 2 unspecified atom stereocenters. The molecule has 1 fully saturated rings. The van der Waals surface area contributed by atoms with Crippen molar-refractivity contribution < 1.29 is 4.79 Å². The van der Waals surface area contributed by atoms with E-state index < -0.39 is 5.91 Å². The van der Waals surface area contributed by atoms with Crippen molar-refractivity contribution in [2.45, 2.75) is 38.6 Å². The highest BCUT2D eigenvalue weighted by Gasteiger charge is 2.29. The van der Waals surface area contributed by atoms with Crippen LogP contribution < -0.4 is 16.4 Å². The minimum Gasteiger partial charge on any atom is -0.367 e. The Hall–Kier alpha value is -1.26. The van der Waals surface area contributed by atoms with Gasteiger partial charge in [-0.25, -0.2) is 0 Å². The summed E-state index contributed by atoms with van der Waals surface area (Å²) in [4.78, 5) is 13.6. The van der Waals surface area contributed by atoms with Gasteiger partial charge in [0, 0.05) is 18.2 Å². The molecule has 5 heteroatoms. The number of benzene rings is 1. The first-order valence-corrected chi connectivity index (χ1v) is 8.02. The second-order valence-electron chi connectivity index (χ2n) is 5.66. The summed E-state index contributed by atoms with van der Waals surface area (Å²) in [5.41, 5.74) is 12.7. The van der Waals surface area contributed by atoms with Crippen LogP contribution in [-0.2, 0) is 0 Å². The van der Waals surface area contributed by atoms with Crippen molar-refractivity contribution >= 4 is 23.2 Å². The van der Waals surface area contributed by atoms with Crippen LogP contribution >= 0.6 is 11.6 Å². The van der Waals surface area contributed by atoms with E-state index in [9.17, 15) is 4.79 Å². The summed E-state index contributed by atoms with van der Waals surface area (Å²) < 4.78 is 0. The third kappa shape index (κ3) is 3.50. The van der Waals surface area contributed by atoms with Crippen LogP contribution in [0.5, 0.6) is 0 Å². The molecule has 0 bridgehead atoms. The van der Waals surface area contributed by atoms with Crippen LogP contribution in [0.3, 0.4) is 0 Å². The zero-order chi connectivity index (χ0) is 15.4. The highest BCUT2D eigenvalue weighted by Crippen LogP contribution is 2.35. The monoisotopic (exact) mass is 309 g/mol. The maximum atomic E-state index is 11.2. The number of hydrogen-bond donors (Lipinski definition) is 2. The van der Waals surface area contributed by atoms with Gasteiger partial charge in [0.15, 0.2) is 0 Å². The van der Waals surface area contributed by atoms with Gasteiger partial charge in [-0.1, -0.05) is 24.4 Å². The molecule has 0 aliphatic heterocycles. The fraction of sp³-hybridized carbons (Fsp3) is 0.562. The van der Waals surface area contributed by atoms with Crippen LogP contribution in [-0.4, -0.2) is 25.0 Å². The van der Waals surface area contributed by atoms with E-state index in [4.69, 9.17) is 23.1 Å². The molecular weight excluding hydrogens is 286 g/mol. The number of nitrogens with zero attached hydrogens (tertiary/aromatic N) is 1. The zero-order valence-electron chi connectivity index (χ0n) is 12.5. The lowest BCUT2D eigenvalue weighted by Crippen LogP contribution is -2.45. The number of amides is 1. The minimum absolute atomic E-state index is 0.422. The smallest absolute Gasteiger partial charge is 0.248 e. The van der Waals surface area contributed by atoms with Crippen LogP contribution in [0.25, 0.3) is 0 Å². The molecule has 4 nitrogen and oxygen atoms in total. The number of rotatable bonds is 5. The van der Waals surface area contributed by atoms with Crippen LogP contribution in [0.15, 0.2) is 18.2 Å². The van der Waals surface area contributed by atoms with Gasteiger partial charge >= 0.3 is 0 Å². The molecule has 2 atom stereocenters. The normalized spacial score (nSPS) is 22.0. The molecule has 4 N–H and O–H groups in total. The lowest BCUT2D eigenvalue weighted by Gasteiger charge is -2.41. The molecule has 0 spiro atoms. The maximum Gasteiger partial charge on any atom is 0.248 e. The minimum atomic E-state index is -0.455. The molecule has 1 aliphatic rings. The van der Waals surface area contributed by atoms with E-state index in [0.717, 1.165) is 18.7 Å². The summed E-state index contributed by atoms with van der Waals surface area (Å²) in [7, 11) is 0. The molecule has 0 radical (unpaired) electrons. The van der Waals surface area contributed by atoms with E-state index in [1.165, 1.54) is 19.3 Å². The summed E-state index contributed by atoms with van der Waals surface area (Å²) in [6.07, 6.45) is 4.80. The fourth-order valence-electron chi connectivity index (χ4n) is 3.35. The van der Waals surface area contributed by atoms with Gasteiger partial charge in [0.2, 0.25) is 5.91 Å². The molecule has 0 aromatic heterocycles. The van der Waals surface area contributed by atoms with Gasteiger partial charge in [-0.05, 0) is 50.4 Å². The van der Waals surface area contributed by atoms with Crippen LogP contribution in [0.2, 0.25) is 5.02 Å². The number of primary amides is 1. The number of hydrogen-bond acceptors (Lipinski definition) is 3. The Balaban J connectivity index is 2.30. The first-order chi connectivity index (χ1) is 10.1. The van der Waals surface area contributed by atoms with E-state index >= 15 is 0 Å². The van der Waals surface area contributed by atoms with Gasteiger partial charge in [0.25, 0.3) is 0 Å². The zero-order valence-corrected chi connectivity index (χ0v) is 13.3. The van der Waals surface area contributed by atoms with E-state index in [0.29, 0.717) is 29.1 Å². The molecule has 21 heavy (non-hydrogen) atoms. The quantitative estimate of drug-likeness (QED) is 0.878. The molecule has 1 aromatic carbocycles. The van der Waals surface area contributed by atoms with Crippen LogP contribution in [0, 0.1) is 5.92 Å². The predicted octanol–water partition coefficient (Wildman–Crippen LogP) is 2.78. The van der Waals surface area contributed by atoms with Crippen molar-refractivity contribution in [1.29, 1.82) is 0 Å². The lowest BCUT2D eigenvalue weighted by atomic mass is 9.83. The standard InChI is InChI=1S/C16H24ClN3O/c1-2-20(14-6-4-3-5-12(14)10-18)15-8-7-11(16(19)21)9-13(15)17/h7-9,12,14H,2-6,10,18H2,1H3,(H2,19,21). The number of carbonyl (C=O) groups is 1. The Kier molecular flexibility index (Phi) is 5.48. The van der Waals surface area contributed by atoms with E-state index in [2.05, 4.69) is 11.8 Å². The first kappa shape index (κ1) is 16.1. The molecule has 116 valence electrons. The first-order valence-electron chi connectivity index (χ1n) is 7.64. The van der Waals surface area contributed by atoms with E-state index in [-0.39, 0.29) is 0 Å². The third-order valence-electron chi connectivity index (χ3n) is 4.45. The highest BCUT2D eigenvalue weighted by atomic mass is 35.5. The second kappa shape index (κ2) is 7.14. The molecular formula is C16H24ClN3O. The Labute approximate surface area is 131 Å². The Morgan fingerprint density at radius 1 is 1.38 bits per heavy atom. The molecule has 1 amide bonds. The fourth-order valence-corrected chi connectivity index (χ4v) is 3.64. The van der Waals surface area contributed by atoms with Gasteiger partial charge in [-0.15, -0.1) is 0 Å². The van der Waals surface area contributed by atoms with Crippen LogP contribution in [0.4, 0.5) is 5.69 Å². The average Bonchev–Trinajstić information content (AvgIpc) is 2.49. The number of anilines is 1. The number of carbonyl (C=O) groups excluding carboxylic acids is 1. The van der Waals surface area contributed by atoms with Crippen molar-refractivity contribution in [2.24, 2.45) is 17.4 Å². The van der Waals surface area contributed by atoms with Crippen molar-refractivity contribution in [3.8, 4) is 0 Å². The maximum absolute atomic E-state index is 11.2. The number of halogens is 1. The van der Waals surface area contributed by atoms with Crippen molar-refractivity contribution in [3.05, 3.63) is 28.8 Å². The number of nitrogens with two attached hydrogens (primary N) is 2. The van der Waals surface area contributed by atoms with Gasteiger partial charge in [0.1, 0.15) is 0 Å².